The summed E-state index contributed by atoms with van der Waals surface area (Å²) in [6.07, 6.45) is 28.7. The number of isocyanates is 2. The molecule has 1 aliphatic rings. The van der Waals surface area contributed by atoms with Crippen LogP contribution in [-0.2, 0) is 58.3 Å². The van der Waals surface area contributed by atoms with E-state index in [2.05, 4.69) is 70.4 Å². The molecule has 646 valence electrons. The van der Waals surface area contributed by atoms with Gasteiger partial charge in [-0.2, -0.15) is 0 Å². The molecule has 1 heterocycles. The maximum Gasteiger partial charge on any atom is 0.500 e. The van der Waals surface area contributed by atoms with Gasteiger partial charge in [0.05, 0.1) is 19.3 Å². The molecular formula is C72H157N11O21Si5. The maximum absolute atomic E-state index is 12.8. The number of unbranched alkanes of at least 4 members (excludes halogenated alkanes) is 14. The molecule has 109 heavy (non-hydrogen) atoms. The number of hydrogen-bond acceptors (Lipinski definition) is 24. The Morgan fingerprint density at radius 3 is 0.899 bits per heavy atom. The first kappa shape index (κ1) is 112. The van der Waals surface area contributed by atoms with Gasteiger partial charge in [0.2, 0.25) is 12.2 Å². The van der Waals surface area contributed by atoms with Gasteiger partial charge in [0.1, 0.15) is 0 Å². The number of carbonyl (C=O) groups excluding carboxylic acids is 6. The van der Waals surface area contributed by atoms with E-state index in [1.807, 2.05) is 9.80 Å². The number of hydrogen-bond donors (Lipinski definition) is 8. The molecule has 0 aromatic rings. The summed E-state index contributed by atoms with van der Waals surface area (Å²) in [7, 11) is 4.85. The van der Waals surface area contributed by atoms with Gasteiger partial charge in [-0.3, -0.25) is 0 Å². The SMILES string of the molecule is CCCCN(CCC[Si](O)(OC)OC)C(=O)NCCCCCCNC(=O)N(CCCC)CCC[Si](O)(OC)OC.CCCCN(CCC[Si](OC)(OC)OC)C(=O)NCCCCCCNC(=O)N(CCCC)CCC[Si](OC)(OC)OC.CCCCN1CCC[Si]1(CO)OC.CO.O=C=NCCCCCCN=C=O. The Balaban J connectivity index is -0.000000754. The maximum atomic E-state index is 12.8. The molecule has 1 rings (SSSR count). The zero-order chi connectivity index (χ0) is 82.8. The van der Waals surface area contributed by atoms with Crippen molar-refractivity contribution in [3.63, 3.8) is 0 Å². The Bertz CT molecular complexity index is 2090. The number of aliphatic hydroxyl groups excluding tert-OH is 2. The predicted octanol–water partition coefficient (Wildman–Crippen LogP) is 10.0. The minimum atomic E-state index is -3.12. The summed E-state index contributed by atoms with van der Waals surface area (Å²) in [5.74, 6) is 0. The van der Waals surface area contributed by atoms with Crippen molar-refractivity contribution < 1.29 is 97.3 Å². The van der Waals surface area contributed by atoms with E-state index in [0.29, 0.717) is 116 Å². The molecule has 0 aliphatic carbocycles. The van der Waals surface area contributed by atoms with E-state index in [9.17, 15) is 43.5 Å². The second-order valence-electron chi connectivity index (χ2n) is 26.5. The number of aliphatic hydroxyl groups is 2. The van der Waals surface area contributed by atoms with Crippen LogP contribution in [0.2, 0.25) is 30.2 Å². The summed E-state index contributed by atoms with van der Waals surface area (Å²) >= 11 is 0. The van der Waals surface area contributed by atoms with Crippen LogP contribution < -0.4 is 21.3 Å². The standard InChI is InChI=1S/C28H62N4O8Si2.C26H58N4O8Si2.C9H21NO2Si.C8H12N2O2.CH4O/c1-9-11-21-31(23-17-25-41(35-3,36-4)37-5)27(33)29-19-15-13-14-16-20-30-28(34)32(22-12-10-2)24-18-26-42(38-6,39-7)40-8;1-7-9-19-29(21-15-23-39(33,35-3)36-4)25(31)27-17-13-11-12-14-18-28-26(32)30(20-10-8-2)22-16-24-40(34,37-5)38-6;1-3-4-6-10-7-5-8-13(10,9-11)12-2;11-7-9-5-3-1-2-4-6-10-8-12;1-2/h9-26H2,1-8H3,(H,29,33)(H,30,34);33-34H,7-24H2,1-6H3,(H,27,31)(H,28,32);11H,3-9H2,1-2H3;1-6H2;2H,1H3. The highest BCUT2D eigenvalue weighted by molar-refractivity contribution is 6.71. The molecule has 1 saturated heterocycles. The van der Waals surface area contributed by atoms with Gasteiger partial charge in [0.15, 0.2) is 0 Å². The Labute approximate surface area is 663 Å². The number of amides is 8. The second kappa shape index (κ2) is 75.6. The number of carbonyl (C=O) groups is 4. The van der Waals surface area contributed by atoms with Gasteiger partial charge in [-0.15, -0.1) is 0 Å². The molecule has 1 aliphatic heterocycles. The highest BCUT2D eigenvalue weighted by Gasteiger charge is 2.44. The number of rotatable bonds is 64. The van der Waals surface area contributed by atoms with E-state index < -0.39 is 43.7 Å². The van der Waals surface area contributed by atoms with Crippen LogP contribution in [0.15, 0.2) is 9.98 Å². The minimum absolute atomic E-state index is 0.0243. The van der Waals surface area contributed by atoms with Crippen molar-refractivity contribution in [1.29, 1.82) is 0 Å². The van der Waals surface area contributed by atoms with Gasteiger partial charge in [-0.1, -0.05) is 105 Å². The number of aliphatic imine (C=N–C) groups is 2. The smallest absolute Gasteiger partial charge is 0.405 e. The third-order valence-electron chi connectivity index (χ3n) is 18.8. The Morgan fingerprint density at radius 1 is 0.394 bits per heavy atom. The highest BCUT2D eigenvalue weighted by atomic mass is 28.4. The molecule has 1 unspecified atom stereocenters. The number of nitrogens with zero attached hydrogens (tertiary/aromatic N) is 7. The summed E-state index contributed by atoms with van der Waals surface area (Å²) in [5, 5.41) is 28.6. The zero-order valence-electron chi connectivity index (χ0n) is 71.0. The minimum Gasteiger partial charge on any atom is -0.405 e. The Kier molecular flexibility index (Phi) is 77.4. The normalized spacial score (nSPS) is 13.5. The third kappa shape index (κ3) is 55.4. The summed E-state index contributed by atoms with van der Waals surface area (Å²) in [6, 6.07) is 3.05. The highest BCUT2D eigenvalue weighted by Crippen LogP contribution is 2.26. The van der Waals surface area contributed by atoms with Crippen LogP contribution in [0.3, 0.4) is 0 Å². The lowest BCUT2D eigenvalue weighted by molar-refractivity contribution is 0.121. The van der Waals surface area contributed by atoms with Crippen LogP contribution in [0, 0.1) is 0 Å². The monoisotopic (exact) mass is 1650 g/mol. The van der Waals surface area contributed by atoms with Crippen molar-refractivity contribution in [2.75, 3.05) is 196 Å². The molecule has 0 bridgehead atoms. The molecule has 1 atom stereocenters. The van der Waals surface area contributed by atoms with Crippen molar-refractivity contribution in [2.24, 2.45) is 9.98 Å². The summed E-state index contributed by atoms with van der Waals surface area (Å²) in [6.45, 7) is 21.6. The van der Waals surface area contributed by atoms with Gasteiger partial charge in [-0.05, 0) is 122 Å². The molecule has 32 nitrogen and oxygen atoms in total. The van der Waals surface area contributed by atoms with E-state index in [1.54, 1.807) is 59.6 Å². The summed E-state index contributed by atoms with van der Waals surface area (Å²) in [5.41, 5.74) is 0. The lowest BCUT2D eigenvalue weighted by atomic mass is 10.2. The van der Waals surface area contributed by atoms with Crippen LogP contribution in [0.5, 0.6) is 0 Å². The lowest BCUT2D eigenvalue weighted by Crippen LogP contribution is -2.54. The first-order chi connectivity index (χ1) is 52.6. The molecule has 37 heteroatoms. The van der Waals surface area contributed by atoms with Crippen LogP contribution in [0.1, 0.15) is 208 Å². The molecule has 1 fully saturated rings. The van der Waals surface area contributed by atoms with Gasteiger partial charge in [0.25, 0.3) is 8.48 Å². The molecule has 8 amide bonds. The average Bonchev–Trinajstić information content (AvgIpc) is 1.68. The zero-order valence-corrected chi connectivity index (χ0v) is 76.0. The van der Waals surface area contributed by atoms with Crippen molar-refractivity contribution >= 4 is 80.0 Å². The van der Waals surface area contributed by atoms with Crippen molar-refractivity contribution in [1.82, 2.24) is 45.4 Å². The fourth-order valence-corrected chi connectivity index (χ4v) is 20.5. The largest absolute Gasteiger partial charge is 0.500 e. The molecule has 0 radical (unpaired) electrons. The number of urea groups is 4. The van der Waals surface area contributed by atoms with Crippen molar-refractivity contribution in [2.45, 2.75) is 238 Å². The van der Waals surface area contributed by atoms with Crippen LogP contribution in [0.4, 0.5) is 19.2 Å². The first-order valence-electron chi connectivity index (χ1n) is 40.1. The van der Waals surface area contributed by atoms with E-state index in [0.717, 1.165) is 181 Å². The average molecular weight is 1650 g/mol. The first-order valence-corrected chi connectivity index (χ1v) is 50.2. The fraction of sp³-hybridized carbons (Fsp3) is 0.917. The molecule has 0 aromatic carbocycles. The fourth-order valence-electron chi connectivity index (χ4n) is 11.6. The van der Waals surface area contributed by atoms with Gasteiger partial charge in [0, 0.05) is 188 Å². The van der Waals surface area contributed by atoms with Gasteiger partial charge < -0.3 is 114 Å². The second-order valence-corrected chi connectivity index (χ2v) is 41.9. The Hall–Kier alpha value is -3.72. The van der Waals surface area contributed by atoms with E-state index in [1.165, 1.54) is 59.9 Å². The predicted molar refractivity (Wildman–Crippen MR) is 440 cm³/mol. The van der Waals surface area contributed by atoms with Gasteiger partial charge in [-0.25, -0.2) is 38.8 Å². The van der Waals surface area contributed by atoms with E-state index in [4.69, 9.17) is 53.8 Å². The van der Waals surface area contributed by atoms with E-state index >= 15 is 0 Å². The summed E-state index contributed by atoms with van der Waals surface area (Å²) in [4.78, 5) is 105. The van der Waals surface area contributed by atoms with Gasteiger partial charge >= 0.3 is 59.3 Å². The van der Waals surface area contributed by atoms with Crippen molar-refractivity contribution in [3.8, 4) is 0 Å². The van der Waals surface area contributed by atoms with E-state index in [-0.39, 0.29) is 30.4 Å². The topological polar surface area (TPSA) is 374 Å². The molecular weight excluding hydrogens is 1500 g/mol. The Morgan fingerprint density at radius 2 is 0.661 bits per heavy atom. The molecule has 8 N–H and O–H groups in total. The number of nitrogens with one attached hydrogen (secondary N) is 4. The molecule has 0 spiro atoms. The lowest BCUT2D eigenvalue weighted by Gasteiger charge is -2.32. The van der Waals surface area contributed by atoms with Crippen LogP contribution >= 0.6 is 0 Å². The molecule has 0 saturated carbocycles. The summed E-state index contributed by atoms with van der Waals surface area (Å²) < 4.78 is 61.4. The third-order valence-corrected chi connectivity index (χ3v) is 33.0. The van der Waals surface area contributed by atoms with Crippen LogP contribution in [-0.4, -0.2) is 320 Å². The van der Waals surface area contributed by atoms with Crippen molar-refractivity contribution in [3.05, 3.63) is 0 Å². The molecule has 0 aromatic heterocycles. The quantitative estimate of drug-likeness (QED) is 0.0121. The van der Waals surface area contributed by atoms with Crippen LogP contribution in [0.25, 0.3) is 0 Å².